The van der Waals surface area contributed by atoms with E-state index in [1.54, 1.807) is 6.92 Å². The summed E-state index contributed by atoms with van der Waals surface area (Å²) in [5, 5.41) is 2.80. The van der Waals surface area contributed by atoms with E-state index in [2.05, 4.69) is 10.3 Å². The molecule has 0 saturated carbocycles. The number of amides is 1. The van der Waals surface area contributed by atoms with Crippen molar-refractivity contribution >= 4 is 44.4 Å². The average molecular weight is 455 g/mol. The summed E-state index contributed by atoms with van der Waals surface area (Å²) in [6.07, 6.45) is 2.45. The Morgan fingerprint density at radius 1 is 1.24 bits per heavy atom. The van der Waals surface area contributed by atoms with Crippen LogP contribution < -0.4 is 10.1 Å². The third-order valence-corrected chi connectivity index (χ3v) is 6.37. The fraction of sp³-hybridized carbons (Fsp3) is 0.158. The third kappa shape index (κ3) is 4.75. The number of thiophene rings is 1. The van der Waals surface area contributed by atoms with Gasteiger partial charge in [-0.05, 0) is 31.2 Å². The van der Waals surface area contributed by atoms with Gasteiger partial charge in [0.05, 0.1) is 23.1 Å². The standard InChI is InChI=1S/C19H16ClFN2O4S2/c1-10-15(18-16(21)7-13(27-2)9-22-18)8-17(28-10)19(24)23-12-4-11(20)5-14(6-12)29(3,25)26/h4-9H,1-3H3,(H,23,24). The molecule has 1 aromatic carbocycles. The largest absolute Gasteiger partial charge is 0.495 e. The molecule has 2 aromatic heterocycles. The normalized spacial score (nSPS) is 11.3. The lowest BCUT2D eigenvalue weighted by Gasteiger charge is -2.07. The van der Waals surface area contributed by atoms with E-state index in [4.69, 9.17) is 16.3 Å². The molecule has 29 heavy (non-hydrogen) atoms. The number of carbonyl (C=O) groups excluding carboxylic acids is 1. The van der Waals surface area contributed by atoms with Gasteiger partial charge in [-0.25, -0.2) is 17.8 Å². The number of hydrogen-bond acceptors (Lipinski definition) is 6. The van der Waals surface area contributed by atoms with Crippen LogP contribution in [0.15, 0.2) is 41.4 Å². The zero-order valence-corrected chi connectivity index (χ0v) is 18.0. The zero-order chi connectivity index (χ0) is 21.3. The van der Waals surface area contributed by atoms with Gasteiger partial charge in [0, 0.05) is 33.5 Å². The molecule has 152 valence electrons. The lowest BCUT2D eigenvalue weighted by Crippen LogP contribution is -2.11. The number of ether oxygens (including phenoxy) is 1. The average Bonchev–Trinajstić information content (AvgIpc) is 3.02. The minimum atomic E-state index is -3.49. The molecule has 0 aliphatic heterocycles. The summed E-state index contributed by atoms with van der Waals surface area (Å²) < 4.78 is 42.8. The molecule has 10 heteroatoms. The maximum Gasteiger partial charge on any atom is 0.265 e. The van der Waals surface area contributed by atoms with Crippen LogP contribution in [0.5, 0.6) is 5.75 Å². The van der Waals surface area contributed by atoms with Crippen molar-refractivity contribution in [2.45, 2.75) is 11.8 Å². The SMILES string of the molecule is COc1cnc(-c2cc(C(=O)Nc3cc(Cl)cc(S(C)(=O)=O)c3)sc2C)c(F)c1. The van der Waals surface area contributed by atoms with Crippen molar-refractivity contribution in [1.29, 1.82) is 0 Å². The first-order valence-corrected chi connectivity index (χ1v) is 11.3. The van der Waals surface area contributed by atoms with Crippen LogP contribution in [0.2, 0.25) is 5.02 Å². The quantitative estimate of drug-likeness (QED) is 0.610. The fourth-order valence-corrected chi connectivity index (χ4v) is 4.50. The number of nitrogens with one attached hydrogen (secondary N) is 1. The number of anilines is 1. The number of hydrogen-bond donors (Lipinski definition) is 1. The highest BCUT2D eigenvalue weighted by atomic mass is 35.5. The summed E-state index contributed by atoms with van der Waals surface area (Å²) in [5.41, 5.74) is 0.841. The van der Waals surface area contributed by atoms with E-state index in [-0.39, 0.29) is 21.3 Å². The highest BCUT2D eigenvalue weighted by Crippen LogP contribution is 2.33. The Labute approximate surface area is 176 Å². The molecule has 0 aliphatic rings. The van der Waals surface area contributed by atoms with Crippen molar-refractivity contribution in [3.63, 3.8) is 0 Å². The smallest absolute Gasteiger partial charge is 0.265 e. The first kappa shape index (κ1) is 21.2. The Balaban J connectivity index is 1.91. The van der Waals surface area contributed by atoms with Gasteiger partial charge in [0.1, 0.15) is 11.4 Å². The molecule has 2 heterocycles. The molecule has 1 N–H and O–H groups in total. The lowest BCUT2D eigenvalue weighted by atomic mass is 10.1. The Morgan fingerprint density at radius 3 is 2.59 bits per heavy atom. The van der Waals surface area contributed by atoms with Gasteiger partial charge in [-0.2, -0.15) is 0 Å². The number of benzene rings is 1. The molecule has 0 saturated heterocycles. The molecule has 1 amide bonds. The third-order valence-electron chi connectivity index (χ3n) is 4.01. The molecular formula is C19H16ClFN2O4S2. The Hall–Kier alpha value is -2.49. The molecule has 3 aromatic rings. The van der Waals surface area contributed by atoms with Crippen molar-refractivity contribution in [2.24, 2.45) is 0 Å². The molecule has 0 spiro atoms. The summed E-state index contributed by atoms with van der Waals surface area (Å²) in [6.45, 7) is 1.75. The van der Waals surface area contributed by atoms with Crippen LogP contribution in [0.3, 0.4) is 0 Å². The second kappa shape index (κ2) is 8.10. The number of aryl methyl sites for hydroxylation is 1. The van der Waals surface area contributed by atoms with Gasteiger partial charge >= 0.3 is 0 Å². The first-order valence-electron chi connectivity index (χ1n) is 8.21. The maximum atomic E-state index is 14.4. The number of carbonyl (C=O) groups is 1. The minimum Gasteiger partial charge on any atom is -0.495 e. The van der Waals surface area contributed by atoms with E-state index < -0.39 is 21.6 Å². The van der Waals surface area contributed by atoms with Crippen LogP contribution in [0.25, 0.3) is 11.3 Å². The summed E-state index contributed by atoms with van der Waals surface area (Å²) in [4.78, 5) is 17.7. The number of aromatic nitrogens is 1. The second-order valence-corrected chi connectivity index (χ2v) is 9.90. The molecule has 3 rings (SSSR count). The van der Waals surface area contributed by atoms with E-state index in [1.165, 1.54) is 55.0 Å². The van der Waals surface area contributed by atoms with Gasteiger partial charge in [0.15, 0.2) is 15.7 Å². The van der Waals surface area contributed by atoms with Crippen LogP contribution in [0.1, 0.15) is 14.5 Å². The number of pyridine rings is 1. The van der Waals surface area contributed by atoms with E-state index >= 15 is 0 Å². The number of nitrogens with zero attached hydrogens (tertiary/aromatic N) is 1. The molecular weight excluding hydrogens is 439 g/mol. The Kier molecular flexibility index (Phi) is 5.92. The summed E-state index contributed by atoms with van der Waals surface area (Å²) in [6, 6.07) is 6.83. The number of methoxy groups -OCH3 is 1. The fourth-order valence-electron chi connectivity index (χ4n) is 2.60. The van der Waals surface area contributed by atoms with Crippen molar-refractivity contribution in [3.8, 4) is 17.0 Å². The second-order valence-electron chi connectivity index (χ2n) is 6.19. The molecule has 0 radical (unpaired) electrons. The van der Waals surface area contributed by atoms with Gasteiger partial charge in [0.25, 0.3) is 5.91 Å². The predicted octanol–water partition coefficient (Wildman–Crippen LogP) is 4.58. The molecule has 0 unspecified atom stereocenters. The molecule has 0 atom stereocenters. The molecule has 0 aliphatic carbocycles. The lowest BCUT2D eigenvalue weighted by molar-refractivity contribution is 0.103. The summed E-state index contributed by atoms with van der Waals surface area (Å²) >= 11 is 7.13. The van der Waals surface area contributed by atoms with Crippen molar-refractivity contribution in [2.75, 3.05) is 18.7 Å². The number of sulfone groups is 1. The van der Waals surface area contributed by atoms with Gasteiger partial charge in [-0.3, -0.25) is 4.79 Å². The minimum absolute atomic E-state index is 0.00662. The monoisotopic (exact) mass is 454 g/mol. The van der Waals surface area contributed by atoms with Crippen LogP contribution >= 0.6 is 22.9 Å². The topological polar surface area (TPSA) is 85.4 Å². The van der Waals surface area contributed by atoms with Crippen molar-refractivity contribution in [1.82, 2.24) is 4.98 Å². The van der Waals surface area contributed by atoms with Crippen LogP contribution in [-0.2, 0) is 9.84 Å². The molecule has 0 fully saturated rings. The van der Waals surface area contributed by atoms with Gasteiger partial charge < -0.3 is 10.1 Å². The van der Waals surface area contributed by atoms with Gasteiger partial charge in [-0.1, -0.05) is 11.6 Å². The summed E-state index contributed by atoms with van der Waals surface area (Å²) in [5.74, 6) is -0.746. The highest BCUT2D eigenvalue weighted by molar-refractivity contribution is 7.90. The number of halogens is 2. The molecule has 0 bridgehead atoms. The van der Waals surface area contributed by atoms with Gasteiger partial charge in [0.2, 0.25) is 0 Å². The first-order chi connectivity index (χ1) is 13.6. The van der Waals surface area contributed by atoms with E-state index in [0.29, 0.717) is 21.1 Å². The van der Waals surface area contributed by atoms with Crippen LogP contribution in [0.4, 0.5) is 10.1 Å². The van der Waals surface area contributed by atoms with E-state index in [0.717, 1.165) is 6.26 Å². The van der Waals surface area contributed by atoms with Crippen molar-refractivity contribution < 1.29 is 22.3 Å². The van der Waals surface area contributed by atoms with E-state index in [1.807, 2.05) is 0 Å². The van der Waals surface area contributed by atoms with Crippen LogP contribution in [0, 0.1) is 12.7 Å². The van der Waals surface area contributed by atoms with Crippen LogP contribution in [-0.4, -0.2) is 32.7 Å². The number of rotatable bonds is 5. The van der Waals surface area contributed by atoms with Crippen molar-refractivity contribution in [3.05, 3.63) is 57.1 Å². The van der Waals surface area contributed by atoms with E-state index in [9.17, 15) is 17.6 Å². The van der Waals surface area contributed by atoms with Gasteiger partial charge in [-0.15, -0.1) is 11.3 Å². The maximum absolute atomic E-state index is 14.4. The highest BCUT2D eigenvalue weighted by Gasteiger charge is 2.18. The Bertz CT molecular complexity index is 1210. The summed E-state index contributed by atoms with van der Waals surface area (Å²) in [7, 11) is -2.07. The Morgan fingerprint density at radius 2 is 1.97 bits per heavy atom. The zero-order valence-electron chi connectivity index (χ0n) is 15.6. The predicted molar refractivity (Wildman–Crippen MR) is 111 cm³/mol. The molecule has 6 nitrogen and oxygen atoms in total.